The number of amides is 1. The van der Waals surface area contributed by atoms with Crippen LogP contribution in [0.1, 0.15) is 11.6 Å². The van der Waals surface area contributed by atoms with Crippen LogP contribution < -0.4 is 5.32 Å². The SMILES string of the molecule is O=C1N[C@@H](c2cc(Cl)ccc2[N+](=O)[O-])CO1. The number of nitrogens with one attached hydrogen (secondary N) is 1. The Balaban J connectivity index is 2.41. The van der Waals surface area contributed by atoms with Gasteiger partial charge in [-0.1, -0.05) is 11.6 Å². The average Bonchev–Trinajstić information content (AvgIpc) is 2.64. The highest BCUT2D eigenvalue weighted by Crippen LogP contribution is 2.30. The van der Waals surface area contributed by atoms with E-state index in [1.165, 1.54) is 18.2 Å². The van der Waals surface area contributed by atoms with Gasteiger partial charge in [-0.25, -0.2) is 4.79 Å². The number of ether oxygens (including phenoxy) is 1. The first-order chi connectivity index (χ1) is 7.58. The summed E-state index contributed by atoms with van der Waals surface area (Å²) in [5.74, 6) is 0. The highest BCUT2D eigenvalue weighted by atomic mass is 35.5. The van der Waals surface area contributed by atoms with Gasteiger partial charge in [0.15, 0.2) is 0 Å². The number of carbonyl (C=O) groups excluding carboxylic acids is 1. The Bertz CT molecular complexity index is 463. The zero-order valence-corrected chi connectivity index (χ0v) is 8.73. The van der Waals surface area contributed by atoms with Gasteiger partial charge in [-0.05, 0) is 12.1 Å². The summed E-state index contributed by atoms with van der Waals surface area (Å²) in [6, 6.07) is 3.68. The largest absolute Gasteiger partial charge is 0.447 e. The van der Waals surface area contributed by atoms with E-state index in [0.29, 0.717) is 10.6 Å². The van der Waals surface area contributed by atoms with Crippen LogP contribution in [-0.2, 0) is 4.74 Å². The maximum atomic E-state index is 10.9. The van der Waals surface area contributed by atoms with Crippen molar-refractivity contribution in [1.82, 2.24) is 5.32 Å². The standard InChI is InChI=1S/C9H7ClN2O4/c10-5-1-2-8(12(14)15)6(3-5)7-4-16-9(13)11-7/h1-3,7H,4H2,(H,11,13)/t7-/m1/s1. The molecule has 0 aromatic heterocycles. The summed E-state index contributed by atoms with van der Waals surface area (Å²) in [6.07, 6.45) is -0.584. The molecular weight excluding hydrogens is 236 g/mol. The van der Waals surface area contributed by atoms with Gasteiger partial charge in [0.2, 0.25) is 0 Å². The first-order valence-electron chi connectivity index (χ1n) is 4.45. The first-order valence-corrected chi connectivity index (χ1v) is 4.83. The van der Waals surface area contributed by atoms with E-state index < -0.39 is 17.1 Å². The molecule has 84 valence electrons. The lowest BCUT2D eigenvalue weighted by Gasteiger charge is -2.08. The van der Waals surface area contributed by atoms with Crippen LogP contribution in [0.3, 0.4) is 0 Å². The van der Waals surface area contributed by atoms with E-state index >= 15 is 0 Å². The quantitative estimate of drug-likeness (QED) is 0.635. The van der Waals surface area contributed by atoms with Crippen LogP contribution in [0.2, 0.25) is 5.02 Å². The molecule has 0 unspecified atom stereocenters. The topological polar surface area (TPSA) is 81.5 Å². The van der Waals surface area contributed by atoms with Gasteiger partial charge in [-0.15, -0.1) is 0 Å². The molecule has 1 aromatic carbocycles. The van der Waals surface area contributed by atoms with Crippen molar-refractivity contribution in [3.63, 3.8) is 0 Å². The van der Waals surface area contributed by atoms with Gasteiger partial charge in [-0.3, -0.25) is 10.1 Å². The summed E-state index contributed by atoms with van der Waals surface area (Å²) in [5.41, 5.74) is 0.267. The number of alkyl carbamates (subject to hydrolysis) is 1. The van der Waals surface area contributed by atoms with E-state index in [0.717, 1.165) is 0 Å². The molecule has 2 rings (SSSR count). The number of benzene rings is 1. The number of halogens is 1. The second kappa shape index (κ2) is 3.97. The Kier molecular flexibility index (Phi) is 2.66. The van der Waals surface area contributed by atoms with E-state index in [2.05, 4.69) is 10.1 Å². The third-order valence-electron chi connectivity index (χ3n) is 2.23. The van der Waals surface area contributed by atoms with E-state index in [-0.39, 0.29) is 12.3 Å². The maximum Gasteiger partial charge on any atom is 0.407 e. The van der Waals surface area contributed by atoms with Crippen LogP contribution in [0.5, 0.6) is 0 Å². The minimum Gasteiger partial charge on any atom is -0.447 e. The van der Waals surface area contributed by atoms with Crippen molar-refractivity contribution in [1.29, 1.82) is 0 Å². The predicted octanol–water partition coefficient (Wildman–Crippen LogP) is 2.03. The Hall–Kier alpha value is -1.82. The molecular formula is C9H7ClN2O4. The van der Waals surface area contributed by atoms with Crippen molar-refractivity contribution >= 4 is 23.4 Å². The summed E-state index contributed by atoms with van der Waals surface area (Å²) in [4.78, 5) is 21.1. The second-order valence-corrected chi connectivity index (χ2v) is 3.69. The van der Waals surface area contributed by atoms with Crippen LogP contribution in [-0.4, -0.2) is 17.6 Å². The molecule has 7 heteroatoms. The summed E-state index contributed by atoms with van der Waals surface area (Å²) >= 11 is 5.76. The number of carbonyl (C=O) groups is 1. The van der Waals surface area contributed by atoms with Crippen molar-refractivity contribution in [2.45, 2.75) is 6.04 Å². The normalized spacial score (nSPS) is 19.1. The zero-order chi connectivity index (χ0) is 11.7. The molecule has 1 N–H and O–H groups in total. The number of nitrogens with zero attached hydrogens (tertiary/aromatic N) is 1. The smallest absolute Gasteiger partial charge is 0.407 e. The Morgan fingerprint density at radius 3 is 2.88 bits per heavy atom. The summed E-state index contributed by atoms with van der Waals surface area (Å²) in [7, 11) is 0. The molecule has 1 aliphatic rings. The summed E-state index contributed by atoms with van der Waals surface area (Å²) in [5, 5.41) is 13.6. The lowest BCUT2D eigenvalue weighted by molar-refractivity contribution is -0.385. The molecule has 1 saturated heterocycles. The van der Waals surface area contributed by atoms with E-state index in [1.54, 1.807) is 0 Å². The number of rotatable bonds is 2. The molecule has 1 atom stereocenters. The van der Waals surface area contributed by atoms with Crippen LogP contribution in [0, 0.1) is 10.1 Å². The zero-order valence-electron chi connectivity index (χ0n) is 7.97. The van der Waals surface area contributed by atoms with Crippen molar-refractivity contribution < 1.29 is 14.5 Å². The number of hydrogen-bond acceptors (Lipinski definition) is 4. The number of nitro groups is 1. The number of nitro benzene ring substituents is 1. The molecule has 1 amide bonds. The van der Waals surface area contributed by atoms with Crippen LogP contribution in [0.4, 0.5) is 10.5 Å². The monoisotopic (exact) mass is 242 g/mol. The van der Waals surface area contributed by atoms with Crippen molar-refractivity contribution in [3.05, 3.63) is 38.9 Å². The van der Waals surface area contributed by atoms with Crippen LogP contribution in [0.25, 0.3) is 0 Å². The highest BCUT2D eigenvalue weighted by Gasteiger charge is 2.29. The van der Waals surface area contributed by atoms with Gasteiger partial charge in [0.25, 0.3) is 5.69 Å². The van der Waals surface area contributed by atoms with Crippen molar-refractivity contribution in [3.8, 4) is 0 Å². The minimum absolute atomic E-state index is 0.0695. The van der Waals surface area contributed by atoms with Gasteiger partial charge < -0.3 is 10.1 Å². The molecule has 0 radical (unpaired) electrons. The van der Waals surface area contributed by atoms with Crippen LogP contribution >= 0.6 is 11.6 Å². The molecule has 0 bridgehead atoms. The molecule has 1 aliphatic heterocycles. The fraction of sp³-hybridized carbons (Fsp3) is 0.222. The minimum atomic E-state index is -0.584. The molecule has 0 aliphatic carbocycles. The van der Waals surface area contributed by atoms with Crippen LogP contribution in [0.15, 0.2) is 18.2 Å². The van der Waals surface area contributed by atoms with Crippen molar-refractivity contribution in [2.75, 3.05) is 6.61 Å². The Labute approximate surface area is 95.3 Å². The fourth-order valence-corrected chi connectivity index (χ4v) is 1.70. The van der Waals surface area contributed by atoms with Gasteiger partial charge in [-0.2, -0.15) is 0 Å². The maximum absolute atomic E-state index is 10.9. The predicted molar refractivity (Wildman–Crippen MR) is 55.3 cm³/mol. The van der Waals surface area contributed by atoms with E-state index in [1.807, 2.05) is 0 Å². The third-order valence-corrected chi connectivity index (χ3v) is 2.47. The second-order valence-electron chi connectivity index (χ2n) is 3.26. The molecule has 16 heavy (non-hydrogen) atoms. The van der Waals surface area contributed by atoms with E-state index in [9.17, 15) is 14.9 Å². The van der Waals surface area contributed by atoms with Gasteiger partial charge >= 0.3 is 6.09 Å². The number of hydrogen-bond donors (Lipinski definition) is 1. The Morgan fingerprint density at radius 1 is 1.56 bits per heavy atom. The molecule has 1 heterocycles. The van der Waals surface area contributed by atoms with Gasteiger partial charge in [0.1, 0.15) is 6.61 Å². The van der Waals surface area contributed by atoms with E-state index in [4.69, 9.17) is 11.6 Å². The number of cyclic esters (lactones) is 1. The van der Waals surface area contributed by atoms with Gasteiger partial charge in [0.05, 0.1) is 16.5 Å². The average molecular weight is 243 g/mol. The first kappa shape index (κ1) is 10.7. The third kappa shape index (κ3) is 1.92. The lowest BCUT2D eigenvalue weighted by atomic mass is 10.1. The molecule has 0 saturated carbocycles. The molecule has 1 fully saturated rings. The Morgan fingerprint density at radius 2 is 2.31 bits per heavy atom. The van der Waals surface area contributed by atoms with Gasteiger partial charge in [0, 0.05) is 11.1 Å². The summed E-state index contributed by atoms with van der Waals surface area (Å²) < 4.78 is 4.68. The summed E-state index contributed by atoms with van der Waals surface area (Å²) in [6.45, 7) is 0.0695. The fourth-order valence-electron chi connectivity index (χ4n) is 1.52. The van der Waals surface area contributed by atoms with Crippen molar-refractivity contribution in [2.24, 2.45) is 0 Å². The molecule has 1 aromatic rings. The molecule has 0 spiro atoms. The highest BCUT2D eigenvalue weighted by molar-refractivity contribution is 6.30. The molecule has 6 nitrogen and oxygen atoms in total. The lowest BCUT2D eigenvalue weighted by Crippen LogP contribution is -2.19.